The second-order valence-electron chi connectivity index (χ2n) is 7.83. The third kappa shape index (κ3) is 4.09. The number of ether oxygens (including phenoxy) is 1. The smallest absolute Gasteiger partial charge is 0.273 e. The van der Waals surface area contributed by atoms with E-state index < -0.39 is 5.54 Å². The van der Waals surface area contributed by atoms with Gasteiger partial charge in [-0.15, -0.1) is 0 Å². The van der Waals surface area contributed by atoms with Gasteiger partial charge in [0.2, 0.25) is 5.91 Å². The molecule has 7 nitrogen and oxygen atoms in total. The number of methoxy groups -OCH3 is 1. The monoisotopic (exact) mass is 418 g/mol. The number of amides is 2. The van der Waals surface area contributed by atoms with Crippen molar-refractivity contribution in [2.24, 2.45) is 0 Å². The maximum Gasteiger partial charge on any atom is 0.273 e. The summed E-state index contributed by atoms with van der Waals surface area (Å²) in [7, 11) is 1.58. The summed E-state index contributed by atoms with van der Waals surface area (Å²) in [6.45, 7) is 3.10. The summed E-state index contributed by atoms with van der Waals surface area (Å²) in [5.74, 6) is -0.446. The topological polar surface area (TPSA) is 76.5 Å². The van der Waals surface area contributed by atoms with Crippen molar-refractivity contribution in [2.75, 3.05) is 20.3 Å². The van der Waals surface area contributed by atoms with Crippen LogP contribution in [0.1, 0.15) is 23.0 Å². The minimum Gasteiger partial charge on any atom is -0.383 e. The van der Waals surface area contributed by atoms with Gasteiger partial charge in [0.1, 0.15) is 11.2 Å². The number of nitrogens with zero attached hydrogens (tertiary/aromatic N) is 3. The minimum atomic E-state index is -1.09. The number of carbonyl (C=O) groups is 2. The lowest BCUT2D eigenvalue weighted by molar-refractivity contribution is -0.133. The highest BCUT2D eigenvalue weighted by atomic mass is 16.5. The van der Waals surface area contributed by atoms with Crippen molar-refractivity contribution in [3.63, 3.8) is 0 Å². The van der Waals surface area contributed by atoms with E-state index in [1.807, 2.05) is 60.7 Å². The Kier molecular flexibility index (Phi) is 5.86. The quantitative estimate of drug-likeness (QED) is 0.640. The van der Waals surface area contributed by atoms with Gasteiger partial charge in [-0.05, 0) is 18.6 Å². The van der Waals surface area contributed by atoms with E-state index in [0.29, 0.717) is 31.1 Å². The maximum atomic E-state index is 13.4. The molecular weight excluding hydrogens is 392 g/mol. The lowest BCUT2D eigenvalue weighted by Crippen LogP contribution is -2.64. The Bertz CT molecular complexity index is 1060. The SMILES string of the molecule is COCCN1C(=O)c2cc(-c3ccccc3)nn2C[C@@]1(C)C(=O)NCc1ccccc1. The Labute approximate surface area is 181 Å². The van der Waals surface area contributed by atoms with Gasteiger partial charge in [0, 0.05) is 25.8 Å². The molecule has 4 rings (SSSR count). The number of fused-ring (bicyclic) bond motifs is 1. The molecule has 31 heavy (non-hydrogen) atoms. The molecule has 2 aromatic carbocycles. The van der Waals surface area contributed by atoms with Gasteiger partial charge in [-0.25, -0.2) is 0 Å². The van der Waals surface area contributed by atoms with Crippen molar-refractivity contribution in [2.45, 2.75) is 25.6 Å². The van der Waals surface area contributed by atoms with Crippen LogP contribution in [0, 0.1) is 0 Å². The number of carbonyl (C=O) groups excluding carboxylic acids is 2. The third-order valence-corrected chi connectivity index (χ3v) is 5.67. The van der Waals surface area contributed by atoms with Crippen LogP contribution < -0.4 is 5.32 Å². The average molecular weight is 418 g/mol. The predicted molar refractivity (Wildman–Crippen MR) is 117 cm³/mol. The Morgan fingerprint density at radius 3 is 2.48 bits per heavy atom. The summed E-state index contributed by atoms with van der Waals surface area (Å²) in [4.78, 5) is 28.3. The van der Waals surface area contributed by atoms with Gasteiger partial charge in [0.15, 0.2) is 0 Å². The van der Waals surface area contributed by atoms with Crippen molar-refractivity contribution in [1.29, 1.82) is 0 Å². The summed E-state index contributed by atoms with van der Waals surface area (Å²) in [5.41, 5.74) is 2.03. The molecule has 0 radical (unpaired) electrons. The second-order valence-corrected chi connectivity index (χ2v) is 7.83. The van der Waals surface area contributed by atoms with Gasteiger partial charge in [-0.2, -0.15) is 5.10 Å². The van der Waals surface area contributed by atoms with E-state index in [0.717, 1.165) is 11.1 Å². The first-order chi connectivity index (χ1) is 15.0. The summed E-state index contributed by atoms with van der Waals surface area (Å²) in [6.07, 6.45) is 0. The number of hydrogen-bond donors (Lipinski definition) is 1. The van der Waals surface area contributed by atoms with E-state index in [1.165, 1.54) is 0 Å². The zero-order valence-corrected chi connectivity index (χ0v) is 17.7. The molecule has 0 saturated heterocycles. The van der Waals surface area contributed by atoms with E-state index >= 15 is 0 Å². The van der Waals surface area contributed by atoms with Crippen molar-refractivity contribution in [3.05, 3.63) is 78.0 Å². The minimum absolute atomic E-state index is 0.219. The largest absolute Gasteiger partial charge is 0.383 e. The Balaban J connectivity index is 1.64. The van der Waals surface area contributed by atoms with E-state index in [4.69, 9.17) is 4.74 Å². The molecule has 1 atom stereocenters. The molecule has 160 valence electrons. The molecule has 1 aliphatic rings. The number of nitrogens with one attached hydrogen (secondary N) is 1. The molecule has 0 spiro atoms. The second kappa shape index (κ2) is 8.73. The fourth-order valence-electron chi connectivity index (χ4n) is 3.89. The van der Waals surface area contributed by atoms with Crippen molar-refractivity contribution < 1.29 is 14.3 Å². The Hall–Kier alpha value is -3.45. The van der Waals surface area contributed by atoms with Crippen LogP contribution in [0.25, 0.3) is 11.3 Å². The lowest BCUT2D eigenvalue weighted by atomic mass is 9.94. The molecule has 0 saturated carbocycles. The van der Waals surface area contributed by atoms with Crippen LogP contribution in [0.15, 0.2) is 66.7 Å². The molecule has 7 heteroatoms. The molecule has 3 aromatic rings. The Morgan fingerprint density at radius 2 is 1.81 bits per heavy atom. The molecule has 0 unspecified atom stereocenters. The van der Waals surface area contributed by atoms with Crippen LogP contribution in [0.5, 0.6) is 0 Å². The third-order valence-electron chi connectivity index (χ3n) is 5.67. The van der Waals surface area contributed by atoms with Crippen LogP contribution in [0.3, 0.4) is 0 Å². The molecule has 1 N–H and O–H groups in total. The summed E-state index contributed by atoms with van der Waals surface area (Å²) in [5, 5.41) is 7.63. The summed E-state index contributed by atoms with van der Waals surface area (Å²) >= 11 is 0. The maximum absolute atomic E-state index is 13.4. The first kappa shape index (κ1) is 20.8. The highest BCUT2D eigenvalue weighted by molar-refractivity contribution is 6.00. The zero-order chi connectivity index (χ0) is 21.8. The highest BCUT2D eigenvalue weighted by Crippen LogP contribution is 2.30. The Morgan fingerprint density at radius 1 is 1.13 bits per heavy atom. The molecular formula is C24H26N4O3. The molecule has 1 aromatic heterocycles. The standard InChI is InChI=1S/C24H26N4O3/c1-24(23(30)25-16-18-9-5-3-6-10-18)17-28-21(22(29)27(24)13-14-31-2)15-20(26-28)19-11-7-4-8-12-19/h3-12,15H,13-14,16-17H2,1-2H3,(H,25,30)/t24-/m0/s1. The molecule has 2 amide bonds. The van der Waals surface area contributed by atoms with Gasteiger partial charge in [-0.1, -0.05) is 60.7 Å². The van der Waals surface area contributed by atoms with E-state index in [9.17, 15) is 9.59 Å². The van der Waals surface area contributed by atoms with Crippen LogP contribution >= 0.6 is 0 Å². The fraction of sp³-hybridized carbons (Fsp3) is 0.292. The van der Waals surface area contributed by atoms with Crippen molar-refractivity contribution in [1.82, 2.24) is 20.0 Å². The molecule has 0 fully saturated rings. The summed E-state index contributed by atoms with van der Waals surface area (Å²) < 4.78 is 6.86. The first-order valence-electron chi connectivity index (χ1n) is 10.3. The highest BCUT2D eigenvalue weighted by Gasteiger charge is 2.47. The molecule has 0 bridgehead atoms. The molecule has 0 aliphatic carbocycles. The van der Waals surface area contributed by atoms with E-state index in [1.54, 1.807) is 29.7 Å². The van der Waals surface area contributed by atoms with Crippen LogP contribution in [0.4, 0.5) is 0 Å². The van der Waals surface area contributed by atoms with Crippen LogP contribution in [0.2, 0.25) is 0 Å². The van der Waals surface area contributed by atoms with Gasteiger partial charge in [0.05, 0.1) is 18.8 Å². The lowest BCUT2D eigenvalue weighted by Gasteiger charge is -2.43. The molecule has 1 aliphatic heterocycles. The average Bonchev–Trinajstić information content (AvgIpc) is 3.22. The van der Waals surface area contributed by atoms with Gasteiger partial charge >= 0.3 is 0 Å². The number of rotatable bonds is 7. The van der Waals surface area contributed by atoms with E-state index in [-0.39, 0.29) is 18.4 Å². The zero-order valence-electron chi connectivity index (χ0n) is 17.7. The predicted octanol–water partition coefficient (Wildman–Crippen LogP) is 2.73. The van der Waals surface area contributed by atoms with Gasteiger partial charge in [-0.3, -0.25) is 14.3 Å². The normalized spacial score (nSPS) is 18.0. The van der Waals surface area contributed by atoms with E-state index in [2.05, 4.69) is 10.4 Å². The number of benzene rings is 2. The fourth-order valence-corrected chi connectivity index (χ4v) is 3.89. The number of hydrogen-bond acceptors (Lipinski definition) is 4. The molecule has 2 heterocycles. The van der Waals surface area contributed by atoms with Crippen LogP contribution in [-0.4, -0.2) is 52.3 Å². The van der Waals surface area contributed by atoms with Gasteiger partial charge in [0.25, 0.3) is 5.91 Å². The van der Waals surface area contributed by atoms with Gasteiger partial charge < -0.3 is 15.0 Å². The summed E-state index contributed by atoms with van der Waals surface area (Å²) in [6, 6.07) is 21.2. The van der Waals surface area contributed by atoms with Crippen molar-refractivity contribution in [3.8, 4) is 11.3 Å². The number of aromatic nitrogens is 2. The van der Waals surface area contributed by atoms with Crippen molar-refractivity contribution >= 4 is 11.8 Å². The van der Waals surface area contributed by atoms with Crippen LogP contribution in [-0.2, 0) is 22.6 Å². The first-order valence-corrected chi connectivity index (χ1v) is 10.3.